The Morgan fingerprint density at radius 2 is 2.10 bits per heavy atom. The summed E-state index contributed by atoms with van der Waals surface area (Å²) in [5.41, 5.74) is 0.0216. The van der Waals surface area contributed by atoms with Crippen molar-refractivity contribution >= 4 is 40.8 Å². The van der Waals surface area contributed by atoms with Gasteiger partial charge in [0, 0.05) is 4.88 Å². The summed E-state index contributed by atoms with van der Waals surface area (Å²) in [6.07, 6.45) is 1.84. The van der Waals surface area contributed by atoms with Crippen LogP contribution >= 0.6 is 23.1 Å². The number of para-hydroxylation sites is 1. The van der Waals surface area contributed by atoms with Crippen LogP contribution in [0.5, 0.6) is 0 Å². The SMILES string of the molecule is O=C1NC(Nc2ccccc2F)S/C1=C\c1cccs1. The average Bonchev–Trinajstić information content (AvgIpc) is 3.04. The minimum absolute atomic E-state index is 0.141. The van der Waals surface area contributed by atoms with Crippen molar-refractivity contribution in [2.75, 3.05) is 5.32 Å². The van der Waals surface area contributed by atoms with Crippen molar-refractivity contribution in [3.63, 3.8) is 0 Å². The van der Waals surface area contributed by atoms with Gasteiger partial charge in [0.1, 0.15) is 5.82 Å². The second kappa shape index (κ2) is 5.68. The predicted molar refractivity (Wildman–Crippen MR) is 81.8 cm³/mol. The molecule has 0 aliphatic carbocycles. The van der Waals surface area contributed by atoms with Crippen LogP contribution < -0.4 is 10.6 Å². The van der Waals surface area contributed by atoms with Crippen molar-refractivity contribution in [2.45, 2.75) is 5.50 Å². The van der Waals surface area contributed by atoms with E-state index in [0.717, 1.165) is 4.88 Å². The van der Waals surface area contributed by atoms with Gasteiger partial charge < -0.3 is 10.6 Å². The highest BCUT2D eigenvalue weighted by molar-refractivity contribution is 8.05. The lowest BCUT2D eigenvalue weighted by atomic mass is 10.3. The van der Waals surface area contributed by atoms with Gasteiger partial charge in [-0.05, 0) is 29.7 Å². The van der Waals surface area contributed by atoms with Crippen molar-refractivity contribution in [1.29, 1.82) is 0 Å². The van der Waals surface area contributed by atoms with Crippen molar-refractivity contribution in [1.82, 2.24) is 5.32 Å². The molecule has 1 aromatic heterocycles. The van der Waals surface area contributed by atoms with Crippen molar-refractivity contribution < 1.29 is 9.18 Å². The number of nitrogens with one attached hydrogen (secondary N) is 2. The monoisotopic (exact) mass is 306 g/mol. The van der Waals surface area contributed by atoms with Crippen LogP contribution in [-0.4, -0.2) is 11.4 Å². The van der Waals surface area contributed by atoms with E-state index in [4.69, 9.17) is 0 Å². The van der Waals surface area contributed by atoms with E-state index in [-0.39, 0.29) is 17.2 Å². The van der Waals surface area contributed by atoms with Crippen LogP contribution in [0.15, 0.2) is 46.7 Å². The molecule has 0 saturated carbocycles. The summed E-state index contributed by atoms with van der Waals surface area (Å²) >= 11 is 2.92. The number of benzene rings is 1. The van der Waals surface area contributed by atoms with E-state index in [0.29, 0.717) is 10.6 Å². The number of halogens is 1. The topological polar surface area (TPSA) is 41.1 Å². The number of hydrogen-bond acceptors (Lipinski definition) is 4. The van der Waals surface area contributed by atoms with Crippen LogP contribution in [0.4, 0.5) is 10.1 Å². The minimum Gasteiger partial charge on any atom is -0.354 e. The first-order valence-corrected chi connectivity index (χ1v) is 7.72. The molecule has 0 radical (unpaired) electrons. The Hall–Kier alpha value is -1.79. The number of carbonyl (C=O) groups excluding carboxylic acids is 1. The quantitative estimate of drug-likeness (QED) is 0.853. The van der Waals surface area contributed by atoms with Crippen LogP contribution in [0.25, 0.3) is 6.08 Å². The van der Waals surface area contributed by atoms with Crippen LogP contribution in [0.2, 0.25) is 0 Å². The Balaban J connectivity index is 1.73. The molecule has 1 saturated heterocycles. The summed E-state index contributed by atoms with van der Waals surface area (Å²) in [4.78, 5) is 13.5. The molecule has 1 fully saturated rings. The third-order valence-electron chi connectivity index (χ3n) is 2.71. The van der Waals surface area contributed by atoms with Gasteiger partial charge in [-0.25, -0.2) is 4.39 Å². The number of anilines is 1. The molecular weight excluding hydrogens is 295 g/mol. The Morgan fingerprint density at radius 1 is 1.25 bits per heavy atom. The van der Waals surface area contributed by atoms with Crippen LogP contribution in [0.3, 0.4) is 0 Å². The van der Waals surface area contributed by atoms with Crippen LogP contribution in [0.1, 0.15) is 4.88 Å². The Bertz CT molecular complexity index is 655. The highest BCUT2D eigenvalue weighted by atomic mass is 32.2. The molecule has 2 N–H and O–H groups in total. The van der Waals surface area contributed by atoms with Crippen LogP contribution in [-0.2, 0) is 4.79 Å². The summed E-state index contributed by atoms with van der Waals surface area (Å²) in [7, 11) is 0. The maximum atomic E-state index is 13.5. The number of rotatable bonds is 3. The van der Waals surface area contributed by atoms with Gasteiger partial charge in [-0.15, -0.1) is 11.3 Å². The summed E-state index contributed by atoms with van der Waals surface area (Å²) in [6.45, 7) is 0. The molecule has 1 amide bonds. The van der Waals surface area contributed by atoms with E-state index in [2.05, 4.69) is 10.6 Å². The first kappa shape index (κ1) is 13.2. The van der Waals surface area contributed by atoms with Gasteiger partial charge in [-0.1, -0.05) is 30.0 Å². The number of hydrogen-bond donors (Lipinski definition) is 2. The largest absolute Gasteiger partial charge is 0.354 e. The Labute approximate surface area is 123 Å². The third kappa shape index (κ3) is 2.86. The molecule has 0 bridgehead atoms. The molecule has 3 rings (SSSR count). The van der Waals surface area contributed by atoms with Gasteiger partial charge in [0.2, 0.25) is 0 Å². The standard InChI is InChI=1S/C14H11FN2OS2/c15-10-5-1-2-6-11(10)16-14-17-13(18)12(20-14)8-9-4-3-7-19-9/h1-8,14,16H,(H,17,18)/b12-8-. The second-order valence-electron chi connectivity index (χ2n) is 4.12. The maximum Gasteiger partial charge on any atom is 0.260 e. The van der Waals surface area contributed by atoms with Gasteiger partial charge >= 0.3 is 0 Å². The van der Waals surface area contributed by atoms with Crippen molar-refractivity contribution in [3.8, 4) is 0 Å². The molecule has 1 atom stereocenters. The lowest BCUT2D eigenvalue weighted by Crippen LogP contribution is -2.31. The normalized spacial score (nSPS) is 20.1. The lowest BCUT2D eigenvalue weighted by molar-refractivity contribution is -0.116. The summed E-state index contributed by atoms with van der Waals surface area (Å²) in [5.74, 6) is -0.477. The van der Waals surface area contributed by atoms with Crippen molar-refractivity contribution in [2.24, 2.45) is 0 Å². The highest BCUT2D eigenvalue weighted by Gasteiger charge is 2.27. The zero-order valence-corrected chi connectivity index (χ0v) is 11.9. The summed E-state index contributed by atoms with van der Waals surface area (Å²) < 4.78 is 13.5. The Kier molecular flexibility index (Phi) is 3.75. The van der Waals surface area contributed by atoms with Gasteiger partial charge in [0.15, 0.2) is 5.50 Å². The molecule has 0 spiro atoms. The Morgan fingerprint density at radius 3 is 2.85 bits per heavy atom. The lowest BCUT2D eigenvalue weighted by Gasteiger charge is -2.12. The van der Waals surface area contributed by atoms with Gasteiger partial charge in [-0.3, -0.25) is 4.79 Å². The number of thioether (sulfide) groups is 1. The molecule has 6 heteroatoms. The highest BCUT2D eigenvalue weighted by Crippen LogP contribution is 2.31. The fourth-order valence-electron chi connectivity index (χ4n) is 1.79. The number of amides is 1. The molecule has 1 aromatic carbocycles. The van der Waals surface area contributed by atoms with E-state index in [1.807, 2.05) is 23.6 Å². The predicted octanol–water partition coefficient (Wildman–Crippen LogP) is 3.49. The molecule has 1 aliphatic rings. The average molecular weight is 306 g/mol. The van der Waals surface area contributed by atoms with E-state index in [1.165, 1.54) is 17.8 Å². The van der Waals surface area contributed by atoms with E-state index >= 15 is 0 Å². The summed E-state index contributed by atoms with van der Waals surface area (Å²) in [6, 6.07) is 10.3. The molecule has 2 aromatic rings. The zero-order chi connectivity index (χ0) is 13.9. The molecule has 1 aliphatic heterocycles. The van der Waals surface area contributed by atoms with Crippen molar-refractivity contribution in [3.05, 3.63) is 57.4 Å². The number of carbonyl (C=O) groups is 1. The molecular formula is C14H11FN2OS2. The fraction of sp³-hybridized carbons (Fsp3) is 0.0714. The van der Waals surface area contributed by atoms with E-state index < -0.39 is 0 Å². The first-order valence-electron chi connectivity index (χ1n) is 5.96. The van der Waals surface area contributed by atoms with Gasteiger partial charge in [-0.2, -0.15) is 0 Å². The summed E-state index contributed by atoms with van der Waals surface area (Å²) in [5, 5.41) is 7.70. The van der Waals surface area contributed by atoms with Gasteiger partial charge in [0.25, 0.3) is 5.91 Å². The van der Waals surface area contributed by atoms with Crippen LogP contribution in [0, 0.1) is 5.82 Å². The smallest absolute Gasteiger partial charge is 0.260 e. The maximum absolute atomic E-state index is 13.5. The second-order valence-corrected chi connectivity index (χ2v) is 6.25. The number of thiophene rings is 1. The first-order chi connectivity index (χ1) is 9.72. The molecule has 20 heavy (non-hydrogen) atoms. The fourth-order valence-corrected chi connectivity index (χ4v) is 3.49. The molecule has 2 heterocycles. The zero-order valence-electron chi connectivity index (χ0n) is 10.3. The molecule has 1 unspecified atom stereocenters. The van der Waals surface area contributed by atoms with Gasteiger partial charge in [0.05, 0.1) is 10.6 Å². The van der Waals surface area contributed by atoms with E-state index in [9.17, 15) is 9.18 Å². The molecule has 3 nitrogen and oxygen atoms in total. The minimum atomic E-state index is -0.356. The van der Waals surface area contributed by atoms with E-state index in [1.54, 1.807) is 29.5 Å². The third-order valence-corrected chi connectivity index (χ3v) is 4.56. The molecule has 102 valence electrons.